The molecule has 0 aliphatic heterocycles. The number of amides is 2. The molecule has 0 aliphatic rings. The van der Waals surface area contributed by atoms with Crippen LogP contribution in [0.3, 0.4) is 0 Å². The van der Waals surface area contributed by atoms with E-state index in [4.69, 9.17) is 11.5 Å². The molecule has 0 aromatic heterocycles. The van der Waals surface area contributed by atoms with E-state index in [-0.39, 0.29) is 18.7 Å². The number of carbonyl (C=O) groups is 3. The van der Waals surface area contributed by atoms with Crippen molar-refractivity contribution in [2.24, 2.45) is 17.4 Å². The van der Waals surface area contributed by atoms with Gasteiger partial charge in [0.2, 0.25) is 11.8 Å². The zero-order valence-corrected chi connectivity index (χ0v) is 19.8. The third kappa shape index (κ3) is 12.2. The minimum atomic E-state index is -1.19. The molecule has 0 heterocycles. The average Bonchev–Trinajstić information content (AvgIpc) is 2.75. The summed E-state index contributed by atoms with van der Waals surface area (Å²) in [5, 5.41) is 18.3. The molecular weight excluding hydrogens is 398 g/mol. The van der Waals surface area contributed by atoms with Crippen molar-refractivity contribution < 1.29 is 19.5 Å². The lowest BCUT2D eigenvalue weighted by Crippen LogP contribution is -2.59. The van der Waals surface area contributed by atoms with Gasteiger partial charge in [0.05, 0.1) is 18.2 Å². The summed E-state index contributed by atoms with van der Waals surface area (Å²) in [5.74, 6) is -0.518. The number of hydrogen-bond acceptors (Lipinski definition) is 7. The molecule has 182 valence electrons. The topological polar surface area (TPSA) is 160 Å². The summed E-state index contributed by atoms with van der Waals surface area (Å²) in [6, 6.07) is -2.59. The zero-order chi connectivity index (χ0) is 23.8. The lowest BCUT2D eigenvalue weighted by Gasteiger charge is -2.26. The zero-order valence-electron chi connectivity index (χ0n) is 19.8. The maximum absolute atomic E-state index is 12.7. The van der Waals surface area contributed by atoms with Gasteiger partial charge in [0.15, 0.2) is 5.78 Å². The first-order valence-corrected chi connectivity index (χ1v) is 11.7. The van der Waals surface area contributed by atoms with Crippen molar-refractivity contribution in [3.63, 3.8) is 0 Å². The third-order valence-electron chi connectivity index (χ3n) is 5.59. The van der Waals surface area contributed by atoms with Crippen molar-refractivity contribution in [1.82, 2.24) is 16.0 Å². The van der Waals surface area contributed by atoms with Crippen LogP contribution in [0.2, 0.25) is 0 Å². The van der Waals surface area contributed by atoms with Gasteiger partial charge in [0.1, 0.15) is 6.04 Å². The molecule has 0 unspecified atom stereocenters. The van der Waals surface area contributed by atoms with Gasteiger partial charge in [-0.15, -0.1) is 0 Å². The maximum Gasteiger partial charge on any atom is 0.245 e. The lowest BCUT2D eigenvalue weighted by molar-refractivity contribution is -0.134. The quantitative estimate of drug-likeness (QED) is 0.165. The summed E-state index contributed by atoms with van der Waals surface area (Å²) in [4.78, 5) is 37.2. The molecule has 8 N–H and O–H groups in total. The van der Waals surface area contributed by atoms with Gasteiger partial charge in [0, 0.05) is 13.0 Å². The average molecular weight is 444 g/mol. The molecule has 0 spiro atoms. The first-order valence-electron chi connectivity index (χ1n) is 11.7. The highest BCUT2D eigenvalue weighted by molar-refractivity contribution is 5.94. The van der Waals surface area contributed by atoms with Gasteiger partial charge in [-0.2, -0.15) is 0 Å². The molecule has 0 fully saturated rings. The summed E-state index contributed by atoms with van der Waals surface area (Å²) in [6.45, 7) is 8.47. The molecular formula is C22H45N5O4. The standard InChI is InChI=1S/C22H45N5O4/c1-5-15(3)10-8-7-9-13-25-17(11-12-23)21(30)27-20(16(4)28)22(31)26-18(14-24)19(29)6-2/h15-18,20,25,28H,5-14,23-24H2,1-4H3,(H,26,31)(H,27,30)/t15-,16-,17-,18-,20-/m0/s1. The van der Waals surface area contributed by atoms with Crippen LogP contribution in [0.1, 0.15) is 72.6 Å². The largest absolute Gasteiger partial charge is 0.391 e. The van der Waals surface area contributed by atoms with E-state index < -0.39 is 36.0 Å². The molecule has 5 atom stereocenters. The van der Waals surface area contributed by atoms with Crippen molar-refractivity contribution >= 4 is 17.6 Å². The van der Waals surface area contributed by atoms with Crippen LogP contribution in [-0.4, -0.2) is 66.6 Å². The van der Waals surface area contributed by atoms with E-state index in [0.29, 0.717) is 19.5 Å². The van der Waals surface area contributed by atoms with E-state index in [1.165, 1.54) is 19.8 Å². The van der Waals surface area contributed by atoms with Gasteiger partial charge in [-0.3, -0.25) is 14.4 Å². The summed E-state index contributed by atoms with van der Waals surface area (Å²) in [6.07, 6.45) is 5.08. The monoisotopic (exact) mass is 443 g/mol. The van der Waals surface area contributed by atoms with Crippen molar-refractivity contribution in [3.8, 4) is 0 Å². The van der Waals surface area contributed by atoms with Crippen LogP contribution in [0, 0.1) is 5.92 Å². The Labute approximate surface area is 187 Å². The van der Waals surface area contributed by atoms with E-state index in [9.17, 15) is 19.5 Å². The third-order valence-corrected chi connectivity index (χ3v) is 5.59. The van der Waals surface area contributed by atoms with Crippen molar-refractivity contribution in [3.05, 3.63) is 0 Å². The Hall–Kier alpha value is -1.55. The Morgan fingerprint density at radius 1 is 0.903 bits per heavy atom. The van der Waals surface area contributed by atoms with Gasteiger partial charge in [0.25, 0.3) is 0 Å². The second-order valence-electron chi connectivity index (χ2n) is 8.29. The molecule has 9 heteroatoms. The molecule has 0 bridgehead atoms. The molecule has 0 saturated heterocycles. The lowest BCUT2D eigenvalue weighted by atomic mass is 10.0. The number of rotatable bonds is 18. The smallest absolute Gasteiger partial charge is 0.245 e. The Balaban J connectivity index is 4.76. The molecule has 0 aromatic rings. The number of aliphatic hydroxyl groups is 1. The number of nitrogens with one attached hydrogen (secondary N) is 3. The van der Waals surface area contributed by atoms with Crippen LogP contribution in [0.5, 0.6) is 0 Å². The van der Waals surface area contributed by atoms with E-state index >= 15 is 0 Å². The number of hydrogen-bond donors (Lipinski definition) is 6. The molecule has 0 radical (unpaired) electrons. The number of Topliss-reactive ketones (excluding diaryl/α,β-unsaturated/α-hetero) is 1. The van der Waals surface area contributed by atoms with Gasteiger partial charge >= 0.3 is 0 Å². The summed E-state index contributed by atoms with van der Waals surface area (Å²) >= 11 is 0. The van der Waals surface area contributed by atoms with Gasteiger partial charge in [-0.25, -0.2) is 0 Å². The Morgan fingerprint density at radius 3 is 2.10 bits per heavy atom. The summed E-state index contributed by atoms with van der Waals surface area (Å²) < 4.78 is 0. The fourth-order valence-electron chi connectivity index (χ4n) is 3.21. The van der Waals surface area contributed by atoms with Gasteiger partial charge in [-0.1, -0.05) is 46.5 Å². The Morgan fingerprint density at radius 2 is 1.58 bits per heavy atom. The maximum atomic E-state index is 12.7. The van der Waals surface area contributed by atoms with Crippen LogP contribution in [-0.2, 0) is 14.4 Å². The molecule has 2 amide bonds. The predicted molar refractivity (Wildman–Crippen MR) is 123 cm³/mol. The van der Waals surface area contributed by atoms with E-state index in [0.717, 1.165) is 25.2 Å². The minimum absolute atomic E-state index is 0.0483. The van der Waals surface area contributed by atoms with E-state index in [1.54, 1.807) is 6.92 Å². The Kier molecular flexibility index (Phi) is 16.2. The summed E-state index contributed by atoms with van der Waals surface area (Å²) in [5.41, 5.74) is 11.2. The van der Waals surface area contributed by atoms with Crippen LogP contribution < -0.4 is 27.4 Å². The first kappa shape index (κ1) is 29.5. The molecule has 31 heavy (non-hydrogen) atoms. The molecule has 0 aliphatic carbocycles. The van der Waals surface area contributed by atoms with Crippen molar-refractivity contribution in [2.75, 3.05) is 19.6 Å². The fourth-order valence-corrected chi connectivity index (χ4v) is 3.21. The van der Waals surface area contributed by atoms with Crippen molar-refractivity contribution in [1.29, 1.82) is 0 Å². The van der Waals surface area contributed by atoms with E-state index in [2.05, 4.69) is 29.8 Å². The van der Waals surface area contributed by atoms with E-state index in [1.807, 2.05) is 0 Å². The highest BCUT2D eigenvalue weighted by Gasteiger charge is 2.30. The predicted octanol–water partition coefficient (Wildman–Crippen LogP) is 0.188. The number of carbonyl (C=O) groups excluding carboxylic acids is 3. The van der Waals surface area contributed by atoms with Crippen LogP contribution >= 0.6 is 0 Å². The second kappa shape index (κ2) is 17.1. The second-order valence-corrected chi connectivity index (χ2v) is 8.29. The minimum Gasteiger partial charge on any atom is -0.391 e. The Bertz CT molecular complexity index is 530. The normalized spacial score (nSPS) is 16.1. The highest BCUT2D eigenvalue weighted by atomic mass is 16.3. The van der Waals surface area contributed by atoms with Crippen molar-refractivity contribution in [2.45, 2.75) is 96.9 Å². The number of unbranched alkanes of at least 4 members (excludes halogenated alkanes) is 2. The molecule has 0 aromatic carbocycles. The molecule has 0 rings (SSSR count). The van der Waals surface area contributed by atoms with Crippen LogP contribution in [0.25, 0.3) is 0 Å². The molecule has 0 saturated carbocycles. The number of ketones is 1. The van der Waals surface area contributed by atoms with Crippen LogP contribution in [0.15, 0.2) is 0 Å². The number of aliphatic hydroxyl groups excluding tert-OH is 1. The van der Waals surface area contributed by atoms with Crippen LogP contribution in [0.4, 0.5) is 0 Å². The fraction of sp³-hybridized carbons (Fsp3) is 0.864. The SMILES string of the molecule is CCC(=O)[C@H](CN)NC(=O)[C@@H](NC(=O)[C@H](CCN)NCCCCC[C@@H](C)CC)[C@H](C)O. The van der Waals surface area contributed by atoms with Gasteiger partial charge in [-0.05, 0) is 38.8 Å². The summed E-state index contributed by atoms with van der Waals surface area (Å²) in [7, 11) is 0. The highest BCUT2D eigenvalue weighted by Crippen LogP contribution is 2.12. The number of nitrogens with two attached hydrogens (primary N) is 2. The molecule has 9 nitrogen and oxygen atoms in total. The van der Waals surface area contributed by atoms with Gasteiger partial charge < -0.3 is 32.5 Å². The first-order chi connectivity index (χ1) is 14.7.